The number of benzene rings is 1. The minimum atomic E-state index is -0.616. The van der Waals surface area contributed by atoms with Crippen LogP contribution < -0.4 is 10.1 Å². The fourth-order valence-electron chi connectivity index (χ4n) is 1.51. The standard InChI is InChI=1S/C13H11N5O3/c1-2-15-13-16-8-11(18(19)20)12(17-13)21-10-5-3-9(7-14)4-6-10/h3-6,8H,2H2,1H3,(H,15,16,17). The van der Waals surface area contributed by atoms with Crippen molar-refractivity contribution in [3.05, 3.63) is 46.1 Å². The number of anilines is 1. The summed E-state index contributed by atoms with van der Waals surface area (Å²) in [5.41, 5.74) is 0.133. The summed E-state index contributed by atoms with van der Waals surface area (Å²) >= 11 is 0. The Labute approximate surface area is 120 Å². The van der Waals surface area contributed by atoms with Crippen molar-refractivity contribution in [2.24, 2.45) is 0 Å². The van der Waals surface area contributed by atoms with Crippen LogP contribution in [0.25, 0.3) is 0 Å². The molecule has 8 nitrogen and oxygen atoms in total. The van der Waals surface area contributed by atoms with Gasteiger partial charge in [-0.3, -0.25) is 10.1 Å². The highest BCUT2D eigenvalue weighted by Gasteiger charge is 2.19. The summed E-state index contributed by atoms with van der Waals surface area (Å²) in [6.45, 7) is 2.43. The second-order valence-corrected chi connectivity index (χ2v) is 3.91. The van der Waals surface area contributed by atoms with Gasteiger partial charge in [0.05, 0.1) is 16.6 Å². The lowest BCUT2D eigenvalue weighted by molar-refractivity contribution is -0.386. The van der Waals surface area contributed by atoms with Crippen molar-refractivity contribution in [2.75, 3.05) is 11.9 Å². The molecule has 0 saturated heterocycles. The van der Waals surface area contributed by atoms with Crippen molar-refractivity contribution in [3.8, 4) is 17.7 Å². The monoisotopic (exact) mass is 285 g/mol. The van der Waals surface area contributed by atoms with Gasteiger partial charge in [-0.1, -0.05) is 0 Å². The predicted molar refractivity (Wildman–Crippen MR) is 74.1 cm³/mol. The Bertz CT molecular complexity index is 694. The maximum absolute atomic E-state index is 11.0. The average molecular weight is 285 g/mol. The van der Waals surface area contributed by atoms with Crippen LogP contribution in [0.15, 0.2) is 30.5 Å². The molecule has 0 atom stereocenters. The Morgan fingerprint density at radius 2 is 2.14 bits per heavy atom. The lowest BCUT2D eigenvalue weighted by atomic mass is 10.2. The summed E-state index contributed by atoms with van der Waals surface area (Å²) in [5, 5.41) is 22.5. The fraction of sp³-hybridized carbons (Fsp3) is 0.154. The maximum atomic E-state index is 11.0. The Morgan fingerprint density at radius 1 is 1.43 bits per heavy atom. The highest BCUT2D eigenvalue weighted by atomic mass is 16.6. The molecule has 106 valence electrons. The first kappa shape index (κ1) is 14.2. The SMILES string of the molecule is CCNc1ncc([N+](=O)[O-])c(Oc2ccc(C#N)cc2)n1. The Hall–Kier alpha value is -3.21. The minimum absolute atomic E-state index is 0.157. The van der Waals surface area contributed by atoms with E-state index in [9.17, 15) is 10.1 Å². The van der Waals surface area contributed by atoms with E-state index >= 15 is 0 Å². The third kappa shape index (κ3) is 3.42. The van der Waals surface area contributed by atoms with Crippen molar-refractivity contribution in [1.82, 2.24) is 9.97 Å². The van der Waals surface area contributed by atoms with Crippen LogP contribution in [-0.4, -0.2) is 21.4 Å². The third-order valence-corrected chi connectivity index (χ3v) is 2.47. The molecular weight excluding hydrogens is 274 g/mol. The first-order valence-electron chi connectivity index (χ1n) is 6.07. The van der Waals surface area contributed by atoms with Gasteiger partial charge in [0.25, 0.3) is 0 Å². The van der Waals surface area contributed by atoms with Gasteiger partial charge in [-0.25, -0.2) is 4.98 Å². The number of nitrogens with zero attached hydrogens (tertiary/aromatic N) is 4. The second kappa shape index (κ2) is 6.29. The maximum Gasteiger partial charge on any atom is 0.349 e. The fourth-order valence-corrected chi connectivity index (χ4v) is 1.51. The largest absolute Gasteiger partial charge is 0.434 e. The molecule has 0 aliphatic carbocycles. The van der Waals surface area contributed by atoms with Crippen molar-refractivity contribution in [2.45, 2.75) is 6.92 Å². The number of nitrogens with one attached hydrogen (secondary N) is 1. The van der Waals surface area contributed by atoms with E-state index < -0.39 is 4.92 Å². The Morgan fingerprint density at radius 3 is 2.71 bits per heavy atom. The van der Waals surface area contributed by atoms with Crippen LogP contribution in [0, 0.1) is 21.4 Å². The molecule has 0 aliphatic heterocycles. The number of nitriles is 1. The molecule has 0 fully saturated rings. The smallest absolute Gasteiger partial charge is 0.349 e. The van der Waals surface area contributed by atoms with Gasteiger partial charge in [-0.2, -0.15) is 10.2 Å². The number of hydrogen-bond donors (Lipinski definition) is 1. The molecule has 0 saturated carbocycles. The summed E-state index contributed by atoms with van der Waals surface area (Å²) < 4.78 is 5.42. The number of ether oxygens (including phenoxy) is 1. The molecule has 1 aromatic heterocycles. The van der Waals surface area contributed by atoms with E-state index in [0.717, 1.165) is 6.20 Å². The van der Waals surface area contributed by atoms with Crippen molar-refractivity contribution in [3.63, 3.8) is 0 Å². The molecule has 0 aliphatic rings. The zero-order valence-corrected chi connectivity index (χ0v) is 11.1. The molecule has 0 spiro atoms. The van der Waals surface area contributed by atoms with E-state index in [1.165, 1.54) is 12.1 Å². The average Bonchev–Trinajstić information content (AvgIpc) is 2.48. The van der Waals surface area contributed by atoms with Crippen molar-refractivity contribution >= 4 is 11.6 Å². The highest BCUT2D eigenvalue weighted by Crippen LogP contribution is 2.29. The van der Waals surface area contributed by atoms with Gasteiger partial charge < -0.3 is 10.1 Å². The van der Waals surface area contributed by atoms with Crippen LogP contribution >= 0.6 is 0 Å². The van der Waals surface area contributed by atoms with Gasteiger partial charge >= 0.3 is 11.6 Å². The Balaban J connectivity index is 2.33. The van der Waals surface area contributed by atoms with E-state index in [1.54, 1.807) is 12.1 Å². The number of nitro groups is 1. The first-order valence-corrected chi connectivity index (χ1v) is 6.07. The van der Waals surface area contributed by atoms with Crippen LogP contribution in [-0.2, 0) is 0 Å². The molecule has 0 radical (unpaired) electrons. The Kier molecular flexibility index (Phi) is 4.26. The molecule has 0 bridgehead atoms. The molecule has 1 heterocycles. The number of hydrogen-bond acceptors (Lipinski definition) is 7. The van der Waals surface area contributed by atoms with Crippen LogP contribution in [0.1, 0.15) is 12.5 Å². The molecule has 21 heavy (non-hydrogen) atoms. The van der Waals surface area contributed by atoms with E-state index in [-0.39, 0.29) is 17.5 Å². The van der Waals surface area contributed by atoms with Gasteiger partial charge in [0.1, 0.15) is 11.9 Å². The zero-order valence-electron chi connectivity index (χ0n) is 11.1. The number of rotatable bonds is 5. The summed E-state index contributed by atoms with van der Waals surface area (Å²) in [4.78, 5) is 18.2. The molecule has 2 rings (SSSR count). The molecule has 2 aromatic rings. The van der Waals surface area contributed by atoms with E-state index in [0.29, 0.717) is 17.9 Å². The van der Waals surface area contributed by atoms with Crippen LogP contribution in [0.4, 0.5) is 11.6 Å². The van der Waals surface area contributed by atoms with Gasteiger partial charge in [-0.15, -0.1) is 0 Å². The summed E-state index contributed by atoms with van der Waals surface area (Å²) in [7, 11) is 0. The zero-order chi connectivity index (χ0) is 15.2. The molecule has 8 heteroatoms. The molecule has 1 N–H and O–H groups in total. The molecular formula is C13H11N5O3. The molecule has 0 unspecified atom stereocenters. The lowest BCUT2D eigenvalue weighted by Gasteiger charge is -2.07. The van der Waals surface area contributed by atoms with Crippen LogP contribution in [0.5, 0.6) is 11.6 Å². The second-order valence-electron chi connectivity index (χ2n) is 3.91. The van der Waals surface area contributed by atoms with E-state index in [1.807, 2.05) is 13.0 Å². The quantitative estimate of drug-likeness (QED) is 0.662. The van der Waals surface area contributed by atoms with E-state index in [4.69, 9.17) is 10.00 Å². The summed E-state index contributed by atoms with van der Waals surface area (Å²) in [6.07, 6.45) is 1.09. The molecule has 1 aromatic carbocycles. The van der Waals surface area contributed by atoms with Crippen molar-refractivity contribution < 1.29 is 9.66 Å². The van der Waals surface area contributed by atoms with E-state index in [2.05, 4.69) is 15.3 Å². The topological polar surface area (TPSA) is 114 Å². The minimum Gasteiger partial charge on any atom is -0.434 e. The first-order chi connectivity index (χ1) is 10.1. The van der Waals surface area contributed by atoms with Gasteiger partial charge in [0.15, 0.2) is 0 Å². The summed E-state index contributed by atoms with van der Waals surface area (Å²) in [5.74, 6) is 0.431. The number of aromatic nitrogens is 2. The van der Waals surface area contributed by atoms with Gasteiger partial charge in [-0.05, 0) is 31.2 Å². The van der Waals surface area contributed by atoms with Gasteiger partial charge in [0.2, 0.25) is 5.95 Å². The molecule has 0 amide bonds. The third-order valence-electron chi connectivity index (χ3n) is 2.47. The van der Waals surface area contributed by atoms with Crippen LogP contribution in [0.3, 0.4) is 0 Å². The summed E-state index contributed by atoms with van der Waals surface area (Å²) in [6, 6.07) is 8.15. The van der Waals surface area contributed by atoms with Crippen molar-refractivity contribution in [1.29, 1.82) is 5.26 Å². The normalized spacial score (nSPS) is 9.71. The lowest BCUT2D eigenvalue weighted by Crippen LogP contribution is -2.05. The van der Waals surface area contributed by atoms with Crippen LogP contribution in [0.2, 0.25) is 0 Å². The highest BCUT2D eigenvalue weighted by molar-refractivity contribution is 5.46. The predicted octanol–water partition coefficient (Wildman–Crippen LogP) is 2.48. The van der Waals surface area contributed by atoms with Gasteiger partial charge in [0, 0.05) is 6.54 Å².